The maximum absolute atomic E-state index is 13.0. The Kier molecular flexibility index (Phi) is 6.20. The third-order valence-corrected chi connectivity index (χ3v) is 6.10. The second kappa shape index (κ2) is 9.04. The van der Waals surface area contributed by atoms with E-state index in [1.807, 2.05) is 48.7 Å². The molecule has 0 bridgehead atoms. The molecule has 0 aliphatic carbocycles. The summed E-state index contributed by atoms with van der Waals surface area (Å²) in [6.07, 6.45) is -0.872. The highest BCUT2D eigenvalue weighted by Crippen LogP contribution is 2.29. The summed E-state index contributed by atoms with van der Waals surface area (Å²) in [6, 6.07) is 17.5. The zero-order valence-electron chi connectivity index (χ0n) is 17.9. The lowest BCUT2D eigenvalue weighted by Gasteiger charge is -2.18. The molecule has 0 amide bonds. The van der Waals surface area contributed by atoms with E-state index in [-0.39, 0.29) is 18.7 Å². The maximum atomic E-state index is 13.0. The van der Waals surface area contributed by atoms with Gasteiger partial charge in [-0.2, -0.15) is 5.10 Å². The number of aryl methyl sites for hydroxylation is 1. The molecule has 2 aromatic heterocycles. The summed E-state index contributed by atoms with van der Waals surface area (Å²) in [6.45, 7) is 6.37. The molecule has 5 nitrogen and oxygen atoms in total. The minimum atomic E-state index is -0.872. The first kappa shape index (κ1) is 21.3. The van der Waals surface area contributed by atoms with Crippen molar-refractivity contribution in [1.29, 1.82) is 0 Å². The highest BCUT2D eigenvalue weighted by Gasteiger charge is 2.16. The minimum Gasteiger partial charge on any atom is -0.491 e. The Balaban J connectivity index is 1.60. The molecule has 1 N–H and O–H groups in total. The van der Waals surface area contributed by atoms with E-state index in [2.05, 4.69) is 31.1 Å². The number of aliphatic hydroxyl groups excluding tert-OH is 1. The van der Waals surface area contributed by atoms with Crippen LogP contribution in [0.3, 0.4) is 0 Å². The molecule has 0 radical (unpaired) electrons. The Morgan fingerprint density at radius 2 is 1.87 bits per heavy atom. The summed E-state index contributed by atoms with van der Waals surface area (Å²) in [5.74, 6) is 1.08. The van der Waals surface area contributed by atoms with Crippen molar-refractivity contribution in [3.8, 4) is 16.3 Å². The Bertz CT molecular complexity index is 1250. The van der Waals surface area contributed by atoms with Crippen LogP contribution in [0.2, 0.25) is 0 Å². The van der Waals surface area contributed by atoms with Gasteiger partial charge in [0.05, 0.1) is 16.8 Å². The van der Waals surface area contributed by atoms with Gasteiger partial charge in [0.15, 0.2) is 0 Å². The van der Waals surface area contributed by atoms with E-state index < -0.39 is 6.10 Å². The molecule has 6 heteroatoms. The lowest BCUT2D eigenvalue weighted by molar-refractivity contribution is 0.0876. The third-order valence-electron chi connectivity index (χ3n) is 5.23. The highest BCUT2D eigenvalue weighted by atomic mass is 32.1. The van der Waals surface area contributed by atoms with Crippen molar-refractivity contribution in [2.45, 2.75) is 39.3 Å². The van der Waals surface area contributed by atoms with Crippen LogP contribution in [0.4, 0.5) is 0 Å². The van der Waals surface area contributed by atoms with E-state index in [4.69, 9.17) is 4.74 Å². The van der Waals surface area contributed by atoms with Crippen molar-refractivity contribution >= 4 is 22.1 Å². The van der Waals surface area contributed by atoms with Gasteiger partial charge in [0.2, 0.25) is 0 Å². The fourth-order valence-corrected chi connectivity index (χ4v) is 4.36. The van der Waals surface area contributed by atoms with Crippen LogP contribution in [0.1, 0.15) is 30.9 Å². The third kappa shape index (κ3) is 4.55. The molecule has 0 aliphatic rings. The van der Waals surface area contributed by atoms with Crippen LogP contribution in [-0.2, 0) is 6.54 Å². The molecule has 0 fully saturated rings. The maximum Gasteiger partial charge on any atom is 0.274 e. The number of thiophene rings is 1. The Hall–Kier alpha value is -2.96. The lowest BCUT2D eigenvalue weighted by Crippen LogP contribution is -2.32. The number of aliphatic hydroxyl groups is 1. The number of rotatable bonds is 7. The first-order chi connectivity index (χ1) is 14.9. The molecule has 1 atom stereocenters. The van der Waals surface area contributed by atoms with E-state index in [9.17, 15) is 9.90 Å². The van der Waals surface area contributed by atoms with Crippen LogP contribution in [0.5, 0.6) is 5.75 Å². The second-order valence-corrected chi connectivity index (χ2v) is 8.97. The first-order valence-electron chi connectivity index (χ1n) is 10.4. The van der Waals surface area contributed by atoms with Crippen LogP contribution in [-0.4, -0.2) is 27.6 Å². The molecule has 0 saturated carbocycles. The van der Waals surface area contributed by atoms with Gasteiger partial charge in [0.25, 0.3) is 5.56 Å². The number of fused-ring (bicyclic) bond motifs is 1. The molecule has 0 saturated heterocycles. The van der Waals surface area contributed by atoms with Crippen LogP contribution < -0.4 is 10.3 Å². The van der Waals surface area contributed by atoms with Crippen LogP contribution >= 0.6 is 11.3 Å². The van der Waals surface area contributed by atoms with E-state index in [1.165, 1.54) is 4.68 Å². The lowest BCUT2D eigenvalue weighted by atomic mass is 10.0. The molecule has 31 heavy (non-hydrogen) atoms. The monoisotopic (exact) mass is 434 g/mol. The largest absolute Gasteiger partial charge is 0.491 e. The molecule has 2 heterocycles. The standard InChI is InChI=1S/C25H26N2O3S/c1-16(2)19-11-10-17(3)13-22(19)30-15-18(28)14-27-25(29)21-8-5-4-7-20(21)24(26-27)23-9-6-12-31-23/h4-13,16,18,28H,14-15H2,1-3H3. The van der Waals surface area contributed by atoms with Crippen molar-refractivity contribution in [2.24, 2.45) is 0 Å². The zero-order chi connectivity index (χ0) is 22.0. The summed E-state index contributed by atoms with van der Waals surface area (Å²) in [5.41, 5.74) is 2.73. The molecule has 1 unspecified atom stereocenters. The zero-order valence-corrected chi connectivity index (χ0v) is 18.7. The predicted octanol–water partition coefficient (Wildman–Crippen LogP) is 5.00. The van der Waals surface area contributed by atoms with Gasteiger partial charge < -0.3 is 9.84 Å². The topological polar surface area (TPSA) is 64.3 Å². The van der Waals surface area contributed by atoms with Gasteiger partial charge in [-0.15, -0.1) is 11.3 Å². The van der Waals surface area contributed by atoms with Crippen molar-refractivity contribution in [1.82, 2.24) is 9.78 Å². The summed E-state index contributed by atoms with van der Waals surface area (Å²) in [7, 11) is 0. The number of aromatic nitrogens is 2. The van der Waals surface area contributed by atoms with Crippen molar-refractivity contribution in [3.05, 3.63) is 81.5 Å². The van der Waals surface area contributed by atoms with Crippen molar-refractivity contribution in [2.75, 3.05) is 6.61 Å². The molecular weight excluding hydrogens is 408 g/mol. The molecule has 160 valence electrons. The molecular formula is C25H26N2O3S. The second-order valence-electron chi connectivity index (χ2n) is 8.02. The Labute approximate surface area is 185 Å². The average Bonchev–Trinajstić information content (AvgIpc) is 3.29. The van der Waals surface area contributed by atoms with Crippen LogP contribution in [0.25, 0.3) is 21.3 Å². The van der Waals surface area contributed by atoms with E-state index >= 15 is 0 Å². The van der Waals surface area contributed by atoms with Gasteiger partial charge in [0, 0.05) is 5.39 Å². The number of hydrogen-bond acceptors (Lipinski definition) is 5. The fourth-order valence-electron chi connectivity index (χ4n) is 3.64. The highest BCUT2D eigenvalue weighted by molar-refractivity contribution is 7.13. The smallest absolute Gasteiger partial charge is 0.274 e. The summed E-state index contributed by atoms with van der Waals surface area (Å²) in [5, 5.41) is 18.6. The van der Waals surface area contributed by atoms with E-state index in [0.29, 0.717) is 11.3 Å². The Morgan fingerprint density at radius 3 is 2.58 bits per heavy atom. The predicted molar refractivity (Wildman–Crippen MR) is 126 cm³/mol. The average molecular weight is 435 g/mol. The normalized spacial score (nSPS) is 12.4. The summed E-state index contributed by atoms with van der Waals surface area (Å²) in [4.78, 5) is 14.0. The first-order valence-corrected chi connectivity index (χ1v) is 11.3. The number of hydrogen-bond donors (Lipinski definition) is 1. The number of benzene rings is 2. The van der Waals surface area contributed by atoms with Gasteiger partial charge in [-0.05, 0) is 47.5 Å². The van der Waals surface area contributed by atoms with Gasteiger partial charge >= 0.3 is 0 Å². The van der Waals surface area contributed by atoms with Crippen LogP contribution in [0, 0.1) is 6.92 Å². The summed E-state index contributed by atoms with van der Waals surface area (Å²) < 4.78 is 7.30. The quantitative estimate of drug-likeness (QED) is 0.445. The van der Waals surface area contributed by atoms with Gasteiger partial charge in [-0.1, -0.05) is 50.2 Å². The molecule has 2 aromatic carbocycles. The molecule has 0 spiro atoms. The Morgan fingerprint density at radius 1 is 1.10 bits per heavy atom. The van der Waals surface area contributed by atoms with E-state index in [0.717, 1.165) is 32.8 Å². The fraction of sp³-hybridized carbons (Fsp3) is 0.280. The number of nitrogens with zero attached hydrogens (tertiary/aromatic N) is 2. The molecule has 0 aliphatic heterocycles. The van der Waals surface area contributed by atoms with E-state index in [1.54, 1.807) is 17.4 Å². The SMILES string of the molecule is Cc1ccc(C(C)C)c(OCC(O)Cn2nc(-c3cccs3)c3ccccc3c2=O)c1. The van der Waals surface area contributed by atoms with Gasteiger partial charge in [-0.25, -0.2) is 4.68 Å². The molecule has 4 rings (SSSR count). The van der Waals surface area contributed by atoms with Gasteiger partial charge in [-0.3, -0.25) is 4.79 Å². The summed E-state index contributed by atoms with van der Waals surface area (Å²) >= 11 is 1.57. The van der Waals surface area contributed by atoms with Crippen LogP contribution in [0.15, 0.2) is 64.8 Å². The van der Waals surface area contributed by atoms with Gasteiger partial charge in [0.1, 0.15) is 24.2 Å². The minimum absolute atomic E-state index is 0.0604. The van der Waals surface area contributed by atoms with Crippen molar-refractivity contribution in [3.63, 3.8) is 0 Å². The molecule has 4 aromatic rings. The van der Waals surface area contributed by atoms with Crippen molar-refractivity contribution < 1.29 is 9.84 Å². The number of ether oxygens (including phenoxy) is 1.